The maximum absolute atomic E-state index is 12.9. The lowest BCUT2D eigenvalue weighted by Gasteiger charge is -2.17. The van der Waals surface area contributed by atoms with Gasteiger partial charge in [-0.05, 0) is 32.0 Å². The Morgan fingerprint density at radius 1 is 1.37 bits per heavy atom. The number of hydrogen-bond donors (Lipinski definition) is 2. The lowest BCUT2D eigenvalue weighted by molar-refractivity contribution is -0.121. The first-order valence-electron chi connectivity index (χ1n) is 5.85. The molecule has 0 unspecified atom stereocenters. The lowest BCUT2D eigenvalue weighted by Crippen LogP contribution is -2.38. The number of nitrogens with one attached hydrogen (secondary N) is 1. The summed E-state index contributed by atoms with van der Waals surface area (Å²) in [4.78, 5) is 12.0. The van der Waals surface area contributed by atoms with Gasteiger partial charge in [0.25, 0.3) is 0 Å². The summed E-state index contributed by atoms with van der Waals surface area (Å²) in [6.07, 6.45) is 0.250. The molecule has 0 aliphatic carbocycles. The Labute approximate surface area is 115 Å². The molecule has 1 rings (SSSR count). The second-order valence-electron chi connectivity index (χ2n) is 4.76. The number of halogens is 2. The van der Waals surface area contributed by atoms with E-state index in [1.807, 2.05) is 0 Å². The van der Waals surface area contributed by atoms with Crippen LogP contribution in [0.3, 0.4) is 0 Å². The van der Waals surface area contributed by atoms with Crippen LogP contribution in [0.15, 0.2) is 23.1 Å². The van der Waals surface area contributed by atoms with E-state index in [1.54, 1.807) is 13.8 Å². The molecule has 1 aromatic rings. The van der Waals surface area contributed by atoms with Crippen LogP contribution in [0.5, 0.6) is 0 Å². The van der Waals surface area contributed by atoms with Crippen LogP contribution in [0.2, 0.25) is 0 Å². The quantitative estimate of drug-likeness (QED) is 0.790. The highest BCUT2D eigenvalue weighted by Crippen LogP contribution is 2.20. The predicted molar refractivity (Wildman–Crippen MR) is 71.0 cm³/mol. The van der Waals surface area contributed by atoms with E-state index in [2.05, 4.69) is 5.32 Å². The Kier molecular flexibility index (Phi) is 5.75. The minimum atomic E-state index is -0.942. The number of rotatable bonds is 6. The molecular formula is C13H17F2NO2S. The number of thioether (sulfide) groups is 1. The van der Waals surface area contributed by atoms with Crippen molar-refractivity contribution in [2.24, 2.45) is 0 Å². The van der Waals surface area contributed by atoms with E-state index in [0.29, 0.717) is 10.6 Å². The molecule has 0 saturated carbocycles. The summed E-state index contributed by atoms with van der Waals surface area (Å²) in [6, 6.07) is 3.64. The standard InChI is InChI=1S/C13H17F2NO2S/c1-13(2,18)8-16-12(17)5-6-19-9-3-4-10(14)11(15)7-9/h3-4,7,18H,5-6,8H2,1-2H3,(H,16,17). The van der Waals surface area contributed by atoms with Gasteiger partial charge in [-0.25, -0.2) is 8.78 Å². The monoisotopic (exact) mass is 289 g/mol. The molecule has 0 fully saturated rings. The highest BCUT2D eigenvalue weighted by molar-refractivity contribution is 7.99. The minimum absolute atomic E-state index is 0.182. The average Bonchev–Trinajstić information content (AvgIpc) is 2.30. The summed E-state index contributed by atoms with van der Waals surface area (Å²) in [5, 5.41) is 12.0. The van der Waals surface area contributed by atoms with Crippen molar-refractivity contribution < 1.29 is 18.7 Å². The average molecular weight is 289 g/mol. The molecule has 1 amide bonds. The summed E-state index contributed by atoms with van der Waals surface area (Å²) in [7, 11) is 0. The first-order chi connectivity index (χ1) is 8.78. The van der Waals surface area contributed by atoms with Crippen LogP contribution in [0.4, 0.5) is 8.78 Å². The smallest absolute Gasteiger partial charge is 0.220 e. The molecule has 2 N–H and O–H groups in total. The molecule has 0 aliphatic heterocycles. The summed E-state index contributed by atoms with van der Waals surface area (Å²) in [6.45, 7) is 3.38. The Morgan fingerprint density at radius 3 is 2.63 bits per heavy atom. The second kappa shape index (κ2) is 6.86. The van der Waals surface area contributed by atoms with Crippen molar-refractivity contribution in [1.29, 1.82) is 0 Å². The van der Waals surface area contributed by atoms with Gasteiger partial charge in [0.05, 0.1) is 5.60 Å². The van der Waals surface area contributed by atoms with E-state index in [4.69, 9.17) is 0 Å². The van der Waals surface area contributed by atoms with Crippen molar-refractivity contribution in [3.63, 3.8) is 0 Å². The number of aliphatic hydroxyl groups is 1. The Hall–Kier alpha value is -1.14. The SMILES string of the molecule is CC(C)(O)CNC(=O)CCSc1ccc(F)c(F)c1. The number of carbonyl (C=O) groups excluding carboxylic acids is 1. The molecule has 0 atom stereocenters. The third-order valence-corrected chi connectivity index (χ3v) is 3.20. The molecule has 0 bridgehead atoms. The molecule has 0 spiro atoms. The van der Waals surface area contributed by atoms with Crippen molar-refractivity contribution in [3.05, 3.63) is 29.8 Å². The Bertz CT molecular complexity index is 447. The number of carbonyl (C=O) groups is 1. The van der Waals surface area contributed by atoms with Gasteiger partial charge in [-0.15, -0.1) is 11.8 Å². The first-order valence-corrected chi connectivity index (χ1v) is 6.83. The topological polar surface area (TPSA) is 49.3 Å². The van der Waals surface area contributed by atoms with E-state index >= 15 is 0 Å². The fraction of sp³-hybridized carbons (Fsp3) is 0.462. The summed E-state index contributed by atoms with van der Waals surface area (Å²) < 4.78 is 25.6. The molecule has 6 heteroatoms. The molecule has 106 valence electrons. The zero-order valence-corrected chi connectivity index (χ0v) is 11.7. The maximum Gasteiger partial charge on any atom is 0.220 e. The maximum atomic E-state index is 12.9. The van der Waals surface area contributed by atoms with Crippen molar-refractivity contribution in [3.8, 4) is 0 Å². The third kappa shape index (κ3) is 6.54. The zero-order valence-electron chi connectivity index (χ0n) is 10.9. The van der Waals surface area contributed by atoms with Crippen LogP contribution in [-0.4, -0.2) is 28.9 Å². The van der Waals surface area contributed by atoms with Gasteiger partial charge in [0.1, 0.15) is 0 Å². The molecule has 1 aromatic carbocycles. The van der Waals surface area contributed by atoms with Crippen LogP contribution < -0.4 is 5.32 Å². The zero-order chi connectivity index (χ0) is 14.5. The van der Waals surface area contributed by atoms with E-state index in [9.17, 15) is 18.7 Å². The predicted octanol–water partition coefficient (Wildman–Crippen LogP) is 2.33. The van der Waals surface area contributed by atoms with Crippen molar-refractivity contribution in [2.45, 2.75) is 30.8 Å². The largest absolute Gasteiger partial charge is 0.389 e. The molecule has 0 heterocycles. The van der Waals surface area contributed by atoms with Crippen molar-refractivity contribution >= 4 is 17.7 Å². The van der Waals surface area contributed by atoms with Gasteiger partial charge in [-0.2, -0.15) is 0 Å². The molecule has 0 aromatic heterocycles. The first kappa shape index (κ1) is 15.9. The Morgan fingerprint density at radius 2 is 2.05 bits per heavy atom. The van der Waals surface area contributed by atoms with Crippen LogP contribution in [-0.2, 0) is 4.79 Å². The van der Waals surface area contributed by atoms with Crippen LogP contribution in [0.25, 0.3) is 0 Å². The molecule has 19 heavy (non-hydrogen) atoms. The lowest BCUT2D eigenvalue weighted by atomic mass is 10.1. The normalized spacial score (nSPS) is 11.4. The number of amides is 1. The second-order valence-corrected chi connectivity index (χ2v) is 5.93. The molecule has 0 saturated heterocycles. The fourth-order valence-corrected chi connectivity index (χ4v) is 2.11. The van der Waals surface area contributed by atoms with E-state index < -0.39 is 17.2 Å². The minimum Gasteiger partial charge on any atom is -0.389 e. The third-order valence-electron chi connectivity index (χ3n) is 2.21. The van der Waals surface area contributed by atoms with Gasteiger partial charge in [0.15, 0.2) is 11.6 Å². The number of benzene rings is 1. The fourth-order valence-electron chi connectivity index (χ4n) is 1.23. The van der Waals surface area contributed by atoms with Gasteiger partial charge in [0, 0.05) is 23.6 Å². The molecule has 3 nitrogen and oxygen atoms in total. The van der Waals surface area contributed by atoms with Crippen LogP contribution >= 0.6 is 11.8 Å². The number of hydrogen-bond acceptors (Lipinski definition) is 3. The Balaban J connectivity index is 2.30. The highest BCUT2D eigenvalue weighted by atomic mass is 32.2. The van der Waals surface area contributed by atoms with Gasteiger partial charge in [-0.1, -0.05) is 0 Å². The van der Waals surface area contributed by atoms with E-state index in [0.717, 1.165) is 12.1 Å². The summed E-state index contributed by atoms with van der Waals surface area (Å²) in [5.41, 5.74) is -0.942. The molecule has 0 radical (unpaired) electrons. The highest BCUT2D eigenvalue weighted by Gasteiger charge is 2.13. The van der Waals surface area contributed by atoms with Crippen molar-refractivity contribution in [2.75, 3.05) is 12.3 Å². The summed E-state index contributed by atoms with van der Waals surface area (Å²) >= 11 is 1.27. The van der Waals surface area contributed by atoms with Gasteiger partial charge in [0.2, 0.25) is 5.91 Å². The van der Waals surface area contributed by atoms with Gasteiger partial charge in [-0.3, -0.25) is 4.79 Å². The van der Waals surface area contributed by atoms with Crippen LogP contribution in [0.1, 0.15) is 20.3 Å². The van der Waals surface area contributed by atoms with Gasteiger partial charge >= 0.3 is 0 Å². The van der Waals surface area contributed by atoms with Gasteiger partial charge < -0.3 is 10.4 Å². The molecular weight excluding hydrogens is 272 g/mol. The van der Waals surface area contributed by atoms with E-state index in [-0.39, 0.29) is 18.9 Å². The summed E-state index contributed by atoms with van der Waals surface area (Å²) in [5.74, 6) is -1.50. The van der Waals surface area contributed by atoms with E-state index in [1.165, 1.54) is 17.8 Å². The van der Waals surface area contributed by atoms with Crippen molar-refractivity contribution in [1.82, 2.24) is 5.32 Å². The van der Waals surface area contributed by atoms with Crippen LogP contribution in [0, 0.1) is 11.6 Å². The molecule has 0 aliphatic rings.